The van der Waals surface area contributed by atoms with Crippen LogP contribution in [0.4, 0.5) is 5.95 Å². The molecule has 1 saturated heterocycles. The molecule has 0 spiro atoms. The standard InChI is InChI=1S/C22H26ClN7O3/c1-13-19(30(24-2)22(25-13)28(3)4)21(31)29(5)11-18-26-20(27-33-18)15-10-17(32-12-15)14-6-8-16(23)9-7-14/h6-9,15,17H,2,10-12H2,1,3-5H3/t15-,17+/m0/s1. The molecule has 3 heterocycles. The van der Waals surface area contributed by atoms with Crippen LogP contribution in [0.1, 0.15) is 51.9 Å². The van der Waals surface area contributed by atoms with Crippen molar-refractivity contribution in [2.45, 2.75) is 31.9 Å². The molecule has 11 heteroatoms. The Morgan fingerprint density at radius 1 is 1.27 bits per heavy atom. The van der Waals surface area contributed by atoms with Crippen LogP contribution in [-0.2, 0) is 11.3 Å². The Labute approximate surface area is 196 Å². The van der Waals surface area contributed by atoms with E-state index >= 15 is 0 Å². The van der Waals surface area contributed by atoms with Gasteiger partial charge in [-0.3, -0.25) is 4.79 Å². The van der Waals surface area contributed by atoms with Gasteiger partial charge in [0.2, 0.25) is 11.8 Å². The number of rotatable bonds is 7. The zero-order chi connectivity index (χ0) is 23.7. The van der Waals surface area contributed by atoms with E-state index in [1.54, 1.807) is 18.9 Å². The fourth-order valence-corrected chi connectivity index (χ4v) is 3.97. The van der Waals surface area contributed by atoms with Crippen LogP contribution < -0.4 is 4.90 Å². The molecule has 10 nitrogen and oxygen atoms in total. The van der Waals surface area contributed by atoms with Gasteiger partial charge in [0.05, 0.1) is 18.4 Å². The number of aromatic nitrogens is 4. The van der Waals surface area contributed by atoms with Crippen LogP contribution in [0.25, 0.3) is 0 Å². The van der Waals surface area contributed by atoms with Gasteiger partial charge in [0.15, 0.2) is 11.5 Å². The third-order valence-corrected chi connectivity index (χ3v) is 5.81. The Morgan fingerprint density at radius 2 is 2.00 bits per heavy atom. The first kappa shape index (κ1) is 22.9. The lowest BCUT2D eigenvalue weighted by Crippen LogP contribution is -2.29. The molecule has 1 aliphatic rings. The number of amides is 1. The number of ether oxygens (including phenoxy) is 1. The average molecular weight is 472 g/mol. The number of imidazole rings is 1. The van der Waals surface area contributed by atoms with E-state index in [9.17, 15) is 4.79 Å². The monoisotopic (exact) mass is 471 g/mol. The predicted octanol–water partition coefficient (Wildman–Crippen LogP) is 3.28. The summed E-state index contributed by atoms with van der Waals surface area (Å²) in [6.45, 7) is 5.98. The third kappa shape index (κ3) is 4.62. The fraction of sp³-hybridized carbons (Fsp3) is 0.409. The molecule has 0 bridgehead atoms. The number of carbonyl (C=O) groups excluding carboxylic acids is 1. The van der Waals surface area contributed by atoms with E-state index < -0.39 is 0 Å². The van der Waals surface area contributed by atoms with Crippen molar-refractivity contribution in [3.8, 4) is 0 Å². The molecule has 174 valence electrons. The summed E-state index contributed by atoms with van der Waals surface area (Å²) in [6.07, 6.45) is 0.700. The number of halogens is 1. The van der Waals surface area contributed by atoms with Crippen LogP contribution in [0.5, 0.6) is 0 Å². The van der Waals surface area contributed by atoms with E-state index in [1.807, 2.05) is 38.4 Å². The fourth-order valence-electron chi connectivity index (χ4n) is 3.84. The van der Waals surface area contributed by atoms with Crippen molar-refractivity contribution in [3.63, 3.8) is 0 Å². The molecule has 1 aromatic carbocycles. The summed E-state index contributed by atoms with van der Waals surface area (Å²) in [6, 6.07) is 7.63. The molecule has 0 aliphatic carbocycles. The van der Waals surface area contributed by atoms with Crippen LogP contribution in [-0.4, -0.2) is 65.1 Å². The highest BCUT2D eigenvalue weighted by molar-refractivity contribution is 6.30. The number of carbonyl (C=O) groups is 1. The number of hydrogen-bond donors (Lipinski definition) is 0. The summed E-state index contributed by atoms with van der Waals surface area (Å²) in [4.78, 5) is 25.3. The van der Waals surface area contributed by atoms with Crippen molar-refractivity contribution >= 4 is 30.2 Å². The highest BCUT2D eigenvalue weighted by Gasteiger charge is 2.32. The second kappa shape index (κ2) is 9.32. The molecule has 1 aliphatic heterocycles. The SMILES string of the molecule is C=Nn1c(N(C)C)nc(C)c1C(=O)N(C)Cc1nc([C@@H]2CO[C@@H](c3ccc(Cl)cc3)C2)no1. The number of benzene rings is 1. The van der Waals surface area contributed by atoms with Crippen LogP contribution in [0.2, 0.25) is 5.02 Å². The van der Waals surface area contributed by atoms with Gasteiger partial charge in [0.1, 0.15) is 6.54 Å². The van der Waals surface area contributed by atoms with Gasteiger partial charge in [-0.1, -0.05) is 28.9 Å². The van der Waals surface area contributed by atoms with Crippen molar-refractivity contribution in [1.29, 1.82) is 0 Å². The van der Waals surface area contributed by atoms with Crippen molar-refractivity contribution in [1.82, 2.24) is 24.7 Å². The van der Waals surface area contributed by atoms with E-state index in [0.29, 0.717) is 40.7 Å². The van der Waals surface area contributed by atoms with Crippen molar-refractivity contribution in [2.24, 2.45) is 5.10 Å². The Balaban J connectivity index is 1.43. The highest BCUT2D eigenvalue weighted by Crippen LogP contribution is 2.37. The molecule has 1 amide bonds. The molecule has 0 saturated carbocycles. The van der Waals surface area contributed by atoms with Crippen LogP contribution in [0.3, 0.4) is 0 Å². The number of hydrogen-bond acceptors (Lipinski definition) is 8. The van der Waals surface area contributed by atoms with Gasteiger partial charge >= 0.3 is 0 Å². The topological polar surface area (TPSA) is 102 Å². The molecule has 0 N–H and O–H groups in total. The van der Waals surface area contributed by atoms with E-state index in [2.05, 4.69) is 26.9 Å². The summed E-state index contributed by atoms with van der Waals surface area (Å²) < 4.78 is 12.8. The summed E-state index contributed by atoms with van der Waals surface area (Å²) >= 11 is 5.97. The summed E-state index contributed by atoms with van der Waals surface area (Å²) in [5, 5.41) is 8.77. The summed E-state index contributed by atoms with van der Waals surface area (Å²) in [7, 11) is 5.31. The van der Waals surface area contributed by atoms with Gasteiger partial charge in [-0.05, 0) is 31.0 Å². The summed E-state index contributed by atoms with van der Waals surface area (Å²) in [5.41, 5.74) is 1.97. The smallest absolute Gasteiger partial charge is 0.274 e. The van der Waals surface area contributed by atoms with Crippen LogP contribution in [0.15, 0.2) is 33.9 Å². The number of anilines is 1. The molecule has 4 rings (SSSR count). The Morgan fingerprint density at radius 3 is 2.67 bits per heavy atom. The average Bonchev–Trinajstić information content (AvgIpc) is 3.52. The molecule has 33 heavy (non-hydrogen) atoms. The van der Waals surface area contributed by atoms with E-state index in [1.165, 1.54) is 9.58 Å². The van der Waals surface area contributed by atoms with Crippen molar-refractivity contribution in [2.75, 3.05) is 32.6 Å². The van der Waals surface area contributed by atoms with Gasteiger partial charge in [-0.25, -0.2) is 4.98 Å². The molecule has 2 atom stereocenters. The largest absolute Gasteiger partial charge is 0.373 e. The van der Waals surface area contributed by atoms with Crippen molar-refractivity contribution in [3.05, 3.63) is 58.0 Å². The van der Waals surface area contributed by atoms with Gasteiger partial charge in [0.25, 0.3) is 5.91 Å². The minimum absolute atomic E-state index is 0.0143. The first-order chi connectivity index (χ1) is 15.8. The molecule has 2 aromatic heterocycles. The van der Waals surface area contributed by atoms with E-state index in [4.69, 9.17) is 20.9 Å². The molecule has 0 unspecified atom stereocenters. The molecule has 3 aromatic rings. The minimum Gasteiger partial charge on any atom is -0.373 e. The lowest BCUT2D eigenvalue weighted by atomic mass is 10.0. The second-order valence-corrected chi connectivity index (χ2v) is 8.64. The zero-order valence-corrected chi connectivity index (χ0v) is 19.8. The Bertz CT molecular complexity index is 1160. The van der Waals surface area contributed by atoms with E-state index in [-0.39, 0.29) is 24.5 Å². The van der Waals surface area contributed by atoms with Gasteiger partial charge < -0.3 is 19.1 Å². The first-order valence-electron chi connectivity index (χ1n) is 10.5. The zero-order valence-electron chi connectivity index (χ0n) is 19.0. The number of aryl methyl sites for hydroxylation is 1. The normalized spacial score (nSPS) is 17.8. The maximum Gasteiger partial charge on any atom is 0.274 e. The first-order valence-corrected chi connectivity index (χ1v) is 10.8. The lowest BCUT2D eigenvalue weighted by molar-refractivity contribution is 0.0759. The predicted molar refractivity (Wildman–Crippen MR) is 124 cm³/mol. The lowest BCUT2D eigenvalue weighted by Gasteiger charge is -2.16. The van der Waals surface area contributed by atoms with E-state index in [0.717, 1.165) is 12.0 Å². The Hall–Kier alpha value is -3.24. The second-order valence-electron chi connectivity index (χ2n) is 8.21. The Kier molecular flexibility index (Phi) is 6.48. The molecule has 0 radical (unpaired) electrons. The van der Waals surface area contributed by atoms with Crippen LogP contribution in [0, 0.1) is 6.92 Å². The maximum absolute atomic E-state index is 13.1. The van der Waals surface area contributed by atoms with Gasteiger partial charge in [0, 0.05) is 38.8 Å². The molecular formula is C22H26ClN7O3. The third-order valence-electron chi connectivity index (χ3n) is 5.56. The van der Waals surface area contributed by atoms with Gasteiger partial charge in [-0.2, -0.15) is 14.8 Å². The highest BCUT2D eigenvalue weighted by atomic mass is 35.5. The molecular weight excluding hydrogens is 446 g/mol. The quantitative estimate of drug-likeness (QED) is 0.487. The van der Waals surface area contributed by atoms with Crippen molar-refractivity contribution < 1.29 is 14.1 Å². The maximum atomic E-state index is 13.1. The minimum atomic E-state index is -0.271. The summed E-state index contributed by atoms with van der Waals surface area (Å²) in [5.74, 6) is 1.19. The van der Waals surface area contributed by atoms with Gasteiger partial charge in [-0.15, -0.1) is 0 Å². The molecule has 1 fully saturated rings. The van der Waals surface area contributed by atoms with Crippen LogP contribution >= 0.6 is 11.6 Å². The number of nitrogens with zero attached hydrogens (tertiary/aromatic N) is 7.